The normalized spacial score (nSPS) is 21.5. The molecule has 3 amide bonds. The van der Waals surface area contributed by atoms with Crippen LogP contribution in [0.5, 0.6) is 0 Å². The van der Waals surface area contributed by atoms with E-state index in [-0.39, 0.29) is 30.1 Å². The van der Waals surface area contributed by atoms with Crippen LogP contribution in [0.15, 0.2) is 54.6 Å². The van der Waals surface area contributed by atoms with Crippen molar-refractivity contribution in [3.8, 4) is 0 Å². The number of nitrogens with two attached hydrogens (primary N) is 1. The zero-order valence-electron chi connectivity index (χ0n) is 22.7. The molecular formula is C31H42N4O3. The van der Waals surface area contributed by atoms with Crippen molar-refractivity contribution in [2.75, 3.05) is 13.6 Å². The first-order valence-corrected chi connectivity index (χ1v) is 14.0. The van der Waals surface area contributed by atoms with Crippen molar-refractivity contribution in [1.82, 2.24) is 15.5 Å². The molecule has 1 heterocycles. The third-order valence-corrected chi connectivity index (χ3v) is 8.42. The molecule has 0 aromatic heterocycles. The maximum atomic E-state index is 13.7. The second-order valence-corrected chi connectivity index (χ2v) is 11.0. The summed E-state index contributed by atoms with van der Waals surface area (Å²) in [4.78, 5) is 41.8. The van der Waals surface area contributed by atoms with E-state index in [1.165, 1.54) is 19.3 Å². The van der Waals surface area contributed by atoms with Crippen LogP contribution in [0.4, 0.5) is 0 Å². The van der Waals surface area contributed by atoms with E-state index in [2.05, 4.69) is 10.6 Å². The summed E-state index contributed by atoms with van der Waals surface area (Å²) in [6.45, 7) is 2.57. The first-order valence-electron chi connectivity index (χ1n) is 14.0. The number of nitrogens with one attached hydrogen (secondary N) is 2. The number of amides is 3. The number of aryl methyl sites for hydroxylation is 1. The summed E-state index contributed by atoms with van der Waals surface area (Å²) in [6.07, 6.45) is 7.14. The first-order chi connectivity index (χ1) is 18.4. The average Bonchev–Trinajstić information content (AvgIpc) is 3.39. The Labute approximate surface area is 226 Å². The SMILES string of the molecule is CNC(=O)[C@H](Cc1ccccc1)NC(=O)[C@@H]1C[C@@H](C2CCCCC2)CN1C(=O)C[C@H](N)c1ccccc1C. The molecule has 2 fully saturated rings. The van der Waals surface area contributed by atoms with Crippen molar-refractivity contribution in [2.45, 2.75) is 76.4 Å². The molecular weight excluding hydrogens is 476 g/mol. The zero-order chi connectivity index (χ0) is 27.1. The lowest BCUT2D eigenvalue weighted by molar-refractivity contribution is -0.139. The van der Waals surface area contributed by atoms with Crippen LogP contribution in [0.1, 0.15) is 67.7 Å². The second kappa shape index (κ2) is 13.1. The van der Waals surface area contributed by atoms with Gasteiger partial charge in [0.2, 0.25) is 17.7 Å². The van der Waals surface area contributed by atoms with Gasteiger partial charge in [-0.25, -0.2) is 0 Å². The number of likely N-dealkylation sites (tertiary alicyclic amines) is 1. The second-order valence-electron chi connectivity index (χ2n) is 11.0. The molecule has 4 rings (SSSR count). The third-order valence-electron chi connectivity index (χ3n) is 8.42. The van der Waals surface area contributed by atoms with Gasteiger partial charge in [-0.05, 0) is 41.9 Å². The molecule has 4 N–H and O–H groups in total. The molecule has 7 heteroatoms. The van der Waals surface area contributed by atoms with Crippen LogP contribution in [0.3, 0.4) is 0 Å². The van der Waals surface area contributed by atoms with Crippen LogP contribution < -0.4 is 16.4 Å². The predicted molar refractivity (Wildman–Crippen MR) is 149 cm³/mol. The number of rotatable bonds is 9. The summed E-state index contributed by atoms with van der Waals surface area (Å²) >= 11 is 0. The summed E-state index contributed by atoms with van der Waals surface area (Å²) in [5.41, 5.74) is 9.45. The molecule has 1 aliphatic heterocycles. The van der Waals surface area contributed by atoms with Gasteiger partial charge in [0.25, 0.3) is 0 Å². The number of hydrogen-bond acceptors (Lipinski definition) is 4. The van der Waals surface area contributed by atoms with E-state index in [4.69, 9.17) is 5.73 Å². The summed E-state index contributed by atoms with van der Waals surface area (Å²) in [6, 6.07) is 15.8. The van der Waals surface area contributed by atoms with Gasteiger partial charge < -0.3 is 21.3 Å². The van der Waals surface area contributed by atoms with E-state index in [0.717, 1.165) is 29.5 Å². The van der Waals surface area contributed by atoms with Crippen LogP contribution in [0.25, 0.3) is 0 Å². The van der Waals surface area contributed by atoms with Crippen molar-refractivity contribution in [3.63, 3.8) is 0 Å². The van der Waals surface area contributed by atoms with E-state index in [1.54, 1.807) is 11.9 Å². The molecule has 0 bridgehead atoms. The Morgan fingerprint density at radius 3 is 2.34 bits per heavy atom. The topological polar surface area (TPSA) is 105 Å². The minimum Gasteiger partial charge on any atom is -0.357 e. The maximum absolute atomic E-state index is 13.7. The molecule has 2 aromatic rings. The number of carbonyl (C=O) groups is 3. The van der Waals surface area contributed by atoms with E-state index in [0.29, 0.717) is 25.3 Å². The molecule has 4 atom stereocenters. The lowest BCUT2D eigenvalue weighted by Gasteiger charge is -2.28. The van der Waals surface area contributed by atoms with Gasteiger partial charge in [0.05, 0.1) is 0 Å². The van der Waals surface area contributed by atoms with E-state index in [9.17, 15) is 14.4 Å². The predicted octanol–water partition coefficient (Wildman–Crippen LogP) is 3.66. The fraction of sp³-hybridized carbons (Fsp3) is 0.516. The lowest BCUT2D eigenvalue weighted by atomic mass is 9.79. The van der Waals surface area contributed by atoms with Gasteiger partial charge in [-0.3, -0.25) is 14.4 Å². The van der Waals surface area contributed by atoms with Gasteiger partial charge in [-0.1, -0.05) is 86.7 Å². The van der Waals surface area contributed by atoms with Crippen molar-refractivity contribution in [1.29, 1.82) is 0 Å². The zero-order valence-corrected chi connectivity index (χ0v) is 22.7. The van der Waals surface area contributed by atoms with Crippen molar-refractivity contribution < 1.29 is 14.4 Å². The summed E-state index contributed by atoms with van der Waals surface area (Å²) in [5, 5.41) is 5.66. The maximum Gasteiger partial charge on any atom is 0.243 e. The Bertz CT molecular complexity index is 1100. The molecule has 2 aliphatic rings. The van der Waals surface area contributed by atoms with E-state index < -0.39 is 18.1 Å². The van der Waals surface area contributed by atoms with Crippen LogP contribution in [0.2, 0.25) is 0 Å². The molecule has 7 nitrogen and oxygen atoms in total. The van der Waals surface area contributed by atoms with Gasteiger partial charge >= 0.3 is 0 Å². The van der Waals surface area contributed by atoms with Gasteiger partial charge in [0.15, 0.2) is 0 Å². The lowest BCUT2D eigenvalue weighted by Crippen LogP contribution is -2.53. The highest BCUT2D eigenvalue weighted by molar-refractivity contribution is 5.92. The summed E-state index contributed by atoms with van der Waals surface area (Å²) in [7, 11) is 1.57. The molecule has 0 radical (unpaired) electrons. The smallest absolute Gasteiger partial charge is 0.243 e. The highest BCUT2D eigenvalue weighted by Gasteiger charge is 2.43. The number of nitrogens with zero attached hydrogens (tertiary/aromatic N) is 1. The minimum absolute atomic E-state index is 0.0984. The van der Waals surface area contributed by atoms with Crippen molar-refractivity contribution >= 4 is 17.7 Å². The Balaban J connectivity index is 1.51. The van der Waals surface area contributed by atoms with Gasteiger partial charge in [0.1, 0.15) is 12.1 Å². The minimum atomic E-state index is -0.713. The fourth-order valence-electron chi connectivity index (χ4n) is 6.26. The molecule has 1 aliphatic carbocycles. The largest absolute Gasteiger partial charge is 0.357 e. The number of hydrogen-bond donors (Lipinski definition) is 3. The molecule has 1 saturated carbocycles. The highest BCUT2D eigenvalue weighted by Crippen LogP contribution is 2.38. The van der Waals surface area contributed by atoms with E-state index >= 15 is 0 Å². The molecule has 38 heavy (non-hydrogen) atoms. The number of carbonyl (C=O) groups excluding carboxylic acids is 3. The van der Waals surface area contributed by atoms with Crippen molar-refractivity contribution in [3.05, 3.63) is 71.3 Å². The quantitative estimate of drug-likeness (QED) is 0.471. The summed E-state index contributed by atoms with van der Waals surface area (Å²) < 4.78 is 0. The molecule has 0 unspecified atom stereocenters. The highest BCUT2D eigenvalue weighted by atomic mass is 16.2. The molecule has 204 valence electrons. The fourth-order valence-corrected chi connectivity index (χ4v) is 6.26. The summed E-state index contributed by atoms with van der Waals surface area (Å²) in [5.74, 6) is 0.214. The Kier molecular flexibility index (Phi) is 9.56. The number of benzene rings is 2. The Hall–Kier alpha value is -3.19. The number of likely N-dealkylation sites (N-methyl/N-ethyl adjacent to an activating group) is 1. The van der Waals surface area contributed by atoms with Gasteiger partial charge in [-0.15, -0.1) is 0 Å². The third kappa shape index (κ3) is 6.81. The molecule has 1 saturated heterocycles. The molecule has 0 spiro atoms. The Morgan fingerprint density at radius 1 is 0.974 bits per heavy atom. The van der Waals surface area contributed by atoms with E-state index in [1.807, 2.05) is 61.5 Å². The van der Waals surface area contributed by atoms with Gasteiger partial charge in [0, 0.05) is 32.5 Å². The van der Waals surface area contributed by atoms with Crippen molar-refractivity contribution in [2.24, 2.45) is 17.6 Å². The monoisotopic (exact) mass is 518 g/mol. The van der Waals surface area contributed by atoms with Crippen LogP contribution in [-0.4, -0.2) is 48.3 Å². The van der Waals surface area contributed by atoms with Crippen LogP contribution in [-0.2, 0) is 20.8 Å². The standard InChI is InChI=1S/C31H42N4O3/c1-21-11-9-10-16-25(21)26(32)19-29(36)35-20-24(23-14-7-4-8-15-23)18-28(35)31(38)34-27(30(37)33-2)17-22-12-5-3-6-13-22/h3,5-6,9-13,16,23-24,26-28H,4,7-8,14-15,17-20,32H2,1-2H3,(H,33,37)(H,34,38)/t24-,26+,27+,28+/m1/s1. The average molecular weight is 519 g/mol. The van der Waals surface area contributed by atoms with Crippen LogP contribution in [0, 0.1) is 18.8 Å². The first kappa shape index (κ1) is 27.8. The Morgan fingerprint density at radius 2 is 1.66 bits per heavy atom. The van der Waals surface area contributed by atoms with Gasteiger partial charge in [-0.2, -0.15) is 0 Å². The van der Waals surface area contributed by atoms with Crippen LogP contribution >= 0.6 is 0 Å². The molecule has 2 aromatic carbocycles.